The van der Waals surface area contributed by atoms with Crippen LogP contribution >= 0.6 is 0 Å². The molecule has 0 radical (unpaired) electrons. The van der Waals surface area contributed by atoms with Crippen LogP contribution in [0.25, 0.3) is 0 Å². The minimum atomic E-state index is -0.564. The molecule has 7 heteroatoms. The van der Waals surface area contributed by atoms with Crippen LogP contribution in [0.1, 0.15) is 23.8 Å². The lowest BCUT2D eigenvalue weighted by molar-refractivity contribution is -0.122. The summed E-state index contributed by atoms with van der Waals surface area (Å²) in [5.74, 6) is -1.10. The molecule has 0 unspecified atom stereocenters. The fourth-order valence-corrected chi connectivity index (χ4v) is 2.91. The van der Waals surface area contributed by atoms with Crippen molar-refractivity contribution >= 4 is 29.2 Å². The van der Waals surface area contributed by atoms with E-state index in [2.05, 4.69) is 5.32 Å². The maximum Gasteiger partial charge on any atom is 0.355 e. The number of para-hydroxylation sites is 2. The third-order valence-electron chi connectivity index (χ3n) is 4.11. The Labute approximate surface area is 145 Å². The quantitative estimate of drug-likeness (QED) is 0.865. The zero-order chi connectivity index (χ0) is 18.0. The third kappa shape index (κ3) is 3.40. The Balaban J connectivity index is 1.77. The second kappa shape index (κ2) is 6.80. The van der Waals surface area contributed by atoms with Gasteiger partial charge >= 0.3 is 5.97 Å². The minimum Gasteiger partial charge on any atom is -0.451 e. The van der Waals surface area contributed by atoms with Crippen LogP contribution in [-0.2, 0) is 21.4 Å². The first-order chi connectivity index (χ1) is 12.0. The Morgan fingerprint density at radius 1 is 1.24 bits per heavy atom. The Hall–Kier alpha value is -3.09. The molecule has 0 saturated heterocycles. The summed E-state index contributed by atoms with van der Waals surface area (Å²) in [6.45, 7) is 1.40. The van der Waals surface area contributed by atoms with E-state index in [-0.39, 0.29) is 24.3 Å². The molecule has 1 aliphatic rings. The molecule has 0 saturated carbocycles. The molecule has 0 bridgehead atoms. The van der Waals surface area contributed by atoms with E-state index in [0.717, 1.165) is 0 Å². The van der Waals surface area contributed by atoms with Gasteiger partial charge in [-0.3, -0.25) is 9.59 Å². The molecule has 130 valence electrons. The number of anilines is 2. The van der Waals surface area contributed by atoms with Crippen molar-refractivity contribution in [3.05, 3.63) is 48.3 Å². The van der Waals surface area contributed by atoms with Crippen LogP contribution in [0.2, 0.25) is 0 Å². The Morgan fingerprint density at radius 2 is 2.00 bits per heavy atom. The summed E-state index contributed by atoms with van der Waals surface area (Å²) in [5.41, 5.74) is 1.54. The van der Waals surface area contributed by atoms with Crippen molar-refractivity contribution in [3.8, 4) is 0 Å². The fraction of sp³-hybridized carbons (Fsp3) is 0.278. The van der Waals surface area contributed by atoms with Crippen LogP contribution in [0, 0.1) is 0 Å². The van der Waals surface area contributed by atoms with Crippen molar-refractivity contribution in [2.45, 2.75) is 19.4 Å². The highest BCUT2D eigenvalue weighted by molar-refractivity contribution is 6.05. The monoisotopic (exact) mass is 341 g/mol. The zero-order valence-electron chi connectivity index (χ0n) is 14.1. The first-order valence-corrected chi connectivity index (χ1v) is 7.97. The number of hydrogen-bond donors (Lipinski definition) is 1. The van der Waals surface area contributed by atoms with Crippen LogP contribution in [0.5, 0.6) is 0 Å². The molecule has 0 fully saturated rings. The van der Waals surface area contributed by atoms with Crippen molar-refractivity contribution < 1.29 is 19.1 Å². The summed E-state index contributed by atoms with van der Waals surface area (Å²) in [5, 5.41) is 2.79. The molecular weight excluding hydrogens is 322 g/mol. The molecular formula is C18H19N3O4. The average molecular weight is 341 g/mol. The van der Waals surface area contributed by atoms with Gasteiger partial charge in [0, 0.05) is 25.7 Å². The largest absolute Gasteiger partial charge is 0.451 e. The summed E-state index contributed by atoms with van der Waals surface area (Å²) < 4.78 is 6.78. The van der Waals surface area contributed by atoms with Crippen LogP contribution in [0.3, 0.4) is 0 Å². The van der Waals surface area contributed by atoms with Gasteiger partial charge in [-0.2, -0.15) is 0 Å². The number of carbonyl (C=O) groups is 3. The van der Waals surface area contributed by atoms with E-state index in [1.807, 2.05) is 0 Å². The van der Waals surface area contributed by atoms with Gasteiger partial charge in [0.1, 0.15) is 5.69 Å². The predicted molar refractivity (Wildman–Crippen MR) is 92.3 cm³/mol. The third-order valence-corrected chi connectivity index (χ3v) is 4.11. The highest BCUT2D eigenvalue weighted by Gasteiger charge is 2.30. The van der Waals surface area contributed by atoms with E-state index < -0.39 is 12.6 Å². The molecule has 1 aliphatic heterocycles. The van der Waals surface area contributed by atoms with Crippen LogP contribution in [0.4, 0.5) is 11.4 Å². The van der Waals surface area contributed by atoms with Gasteiger partial charge < -0.3 is 19.5 Å². The summed E-state index contributed by atoms with van der Waals surface area (Å²) in [6.07, 6.45) is 1.90. The number of aromatic nitrogens is 1. The van der Waals surface area contributed by atoms with Gasteiger partial charge in [0.15, 0.2) is 6.61 Å². The van der Waals surface area contributed by atoms with E-state index in [4.69, 9.17) is 4.74 Å². The second-order valence-corrected chi connectivity index (χ2v) is 5.96. The number of esters is 1. The molecule has 7 nitrogen and oxygen atoms in total. The first-order valence-electron chi connectivity index (χ1n) is 7.97. The lowest BCUT2D eigenvalue weighted by atomic mass is 10.1. The predicted octanol–water partition coefficient (Wildman–Crippen LogP) is 1.95. The number of amides is 2. The van der Waals surface area contributed by atoms with E-state index in [1.165, 1.54) is 4.90 Å². The van der Waals surface area contributed by atoms with Gasteiger partial charge in [0.05, 0.1) is 11.4 Å². The van der Waals surface area contributed by atoms with Gasteiger partial charge in [-0.05, 0) is 31.2 Å². The van der Waals surface area contributed by atoms with Crippen molar-refractivity contribution in [1.29, 1.82) is 0 Å². The zero-order valence-corrected chi connectivity index (χ0v) is 14.1. The number of nitrogens with zero attached hydrogens (tertiary/aromatic N) is 2. The number of rotatable bonds is 3. The minimum absolute atomic E-state index is 0.156. The maximum absolute atomic E-state index is 12.7. The number of hydrogen-bond acceptors (Lipinski definition) is 4. The van der Waals surface area contributed by atoms with Crippen LogP contribution in [0.15, 0.2) is 42.6 Å². The number of benzene rings is 1. The van der Waals surface area contributed by atoms with Gasteiger partial charge in [0.2, 0.25) is 5.91 Å². The van der Waals surface area contributed by atoms with E-state index in [9.17, 15) is 14.4 Å². The second-order valence-electron chi connectivity index (χ2n) is 5.96. The molecule has 0 spiro atoms. The van der Waals surface area contributed by atoms with E-state index >= 15 is 0 Å². The molecule has 1 aromatic carbocycles. The highest BCUT2D eigenvalue weighted by Crippen LogP contribution is 2.31. The lowest BCUT2D eigenvalue weighted by Crippen LogP contribution is -2.41. The smallest absolute Gasteiger partial charge is 0.355 e. The molecule has 0 aliphatic carbocycles. The maximum atomic E-state index is 12.7. The van der Waals surface area contributed by atoms with Gasteiger partial charge in [-0.15, -0.1) is 0 Å². The summed E-state index contributed by atoms with van der Waals surface area (Å²) in [7, 11) is 1.73. The van der Waals surface area contributed by atoms with Crippen molar-refractivity contribution in [2.24, 2.45) is 7.05 Å². The molecule has 1 aromatic heterocycles. The molecule has 2 heterocycles. The first kappa shape index (κ1) is 16.8. The fourth-order valence-electron chi connectivity index (χ4n) is 2.91. The van der Waals surface area contributed by atoms with E-state index in [1.54, 1.807) is 61.1 Å². The number of aryl methyl sites for hydroxylation is 1. The van der Waals surface area contributed by atoms with Crippen LogP contribution in [-0.4, -0.2) is 35.0 Å². The SMILES string of the molecule is C[C@@H]1CC(=O)Nc2ccccc2N1C(=O)COC(=O)c1cccn1C. The Bertz CT molecular complexity index is 827. The van der Waals surface area contributed by atoms with Gasteiger partial charge in [0.25, 0.3) is 5.91 Å². The van der Waals surface area contributed by atoms with Crippen LogP contribution < -0.4 is 10.2 Å². The van der Waals surface area contributed by atoms with Gasteiger partial charge in [-0.25, -0.2) is 4.79 Å². The molecule has 1 N–H and O–H groups in total. The number of carbonyl (C=O) groups excluding carboxylic acids is 3. The van der Waals surface area contributed by atoms with E-state index in [0.29, 0.717) is 17.1 Å². The molecule has 3 rings (SSSR count). The van der Waals surface area contributed by atoms with Crippen molar-refractivity contribution in [2.75, 3.05) is 16.8 Å². The van der Waals surface area contributed by atoms with Crippen molar-refractivity contribution in [3.63, 3.8) is 0 Å². The highest BCUT2D eigenvalue weighted by atomic mass is 16.5. The summed E-state index contributed by atoms with van der Waals surface area (Å²) in [6, 6.07) is 10.1. The topological polar surface area (TPSA) is 80.6 Å². The Kier molecular flexibility index (Phi) is 4.56. The molecule has 2 aromatic rings. The summed E-state index contributed by atoms with van der Waals surface area (Å²) >= 11 is 0. The number of fused-ring (bicyclic) bond motifs is 1. The normalized spacial score (nSPS) is 16.6. The Morgan fingerprint density at radius 3 is 2.72 bits per heavy atom. The standard InChI is InChI=1S/C18H19N3O4/c1-12-10-16(22)19-13-6-3-4-7-14(13)21(12)17(23)11-25-18(24)15-8-5-9-20(15)2/h3-9,12H,10-11H2,1-2H3,(H,19,22)/t12-/m1/s1. The number of nitrogens with one attached hydrogen (secondary N) is 1. The van der Waals surface area contributed by atoms with Gasteiger partial charge in [-0.1, -0.05) is 12.1 Å². The molecule has 25 heavy (non-hydrogen) atoms. The average Bonchev–Trinajstić information content (AvgIpc) is 2.94. The molecule has 2 amide bonds. The van der Waals surface area contributed by atoms with Crippen molar-refractivity contribution in [1.82, 2.24) is 4.57 Å². The number of ether oxygens (including phenoxy) is 1. The lowest BCUT2D eigenvalue weighted by Gasteiger charge is -2.27. The molecule has 1 atom stereocenters. The summed E-state index contributed by atoms with van der Waals surface area (Å²) in [4.78, 5) is 38.2.